The molecule has 108 valence electrons. The van der Waals surface area contributed by atoms with E-state index < -0.39 is 11.4 Å². The Balaban J connectivity index is 0.00000137. The Morgan fingerprint density at radius 3 is 1.50 bits per heavy atom. The summed E-state index contributed by atoms with van der Waals surface area (Å²) in [5.74, 6) is 0.672. The SMILES string of the molecule is CC.CC(C)C1(C(C)C)CCC(C)(C(=O)O)CC1. The van der Waals surface area contributed by atoms with Crippen molar-refractivity contribution in [1.29, 1.82) is 0 Å². The van der Waals surface area contributed by atoms with Crippen molar-refractivity contribution in [3.8, 4) is 0 Å². The highest BCUT2D eigenvalue weighted by Crippen LogP contribution is 2.53. The van der Waals surface area contributed by atoms with Crippen LogP contribution in [-0.2, 0) is 4.79 Å². The Kier molecular flexibility index (Phi) is 6.39. The molecular formula is C16H32O2. The number of carboxylic acid groups (broad SMARTS) is 1. The number of carboxylic acids is 1. The molecule has 0 saturated heterocycles. The van der Waals surface area contributed by atoms with Crippen LogP contribution in [-0.4, -0.2) is 11.1 Å². The maximum absolute atomic E-state index is 11.2. The van der Waals surface area contributed by atoms with Crippen LogP contribution in [0.3, 0.4) is 0 Å². The van der Waals surface area contributed by atoms with Gasteiger partial charge in [0, 0.05) is 0 Å². The summed E-state index contributed by atoms with van der Waals surface area (Å²) in [6.45, 7) is 15.0. The van der Waals surface area contributed by atoms with Crippen molar-refractivity contribution in [3.63, 3.8) is 0 Å². The van der Waals surface area contributed by atoms with Crippen molar-refractivity contribution in [2.24, 2.45) is 22.7 Å². The second-order valence-corrected chi connectivity index (χ2v) is 6.41. The zero-order chi connectivity index (χ0) is 14.6. The number of aliphatic carboxylic acids is 1. The van der Waals surface area contributed by atoms with E-state index in [1.54, 1.807) is 0 Å². The molecule has 0 spiro atoms. The molecule has 0 amide bonds. The first-order chi connectivity index (χ1) is 8.24. The lowest BCUT2D eigenvalue weighted by Crippen LogP contribution is -2.42. The second-order valence-electron chi connectivity index (χ2n) is 6.41. The van der Waals surface area contributed by atoms with Gasteiger partial charge in [-0.25, -0.2) is 0 Å². The first-order valence-corrected chi connectivity index (χ1v) is 7.48. The van der Waals surface area contributed by atoms with E-state index in [2.05, 4.69) is 27.7 Å². The largest absolute Gasteiger partial charge is 0.481 e. The molecule has 0 atom stereocenters. The first kappa shape index (κ1) is 17.5. The maximum Gasteiger partial charge on any atom is 0.309 e. The molecule has 2 heteroatoms. The molecule has 1 aliphatic rings. The second kappa shape index (κ2) is 6.58. The highest BCUT2D eigenvalue weighted by atomic mass is 16.4. The lowest BCUT2D eigenvalue weighted by Gasteiger charge is -2.48. The molecule has 0 aromatic rings. The van der Waals surface area contributed by atoms with Crippen molar-refractivity contribution < 1.29 is 9.90 Å². The summed E-state index contributed by atoms with van der Waals surface area (Å²) in [5, 5.41) is 9.24. The minimum atomic E-state index is -0.617. The highest BCUT2D eigenvalue weighted by molar-refractivity contribution is 5.74. The van der Waals surface area contributed by atoms with Gasteiger partial charge in [-0.15, -0.1) is 0 Å². The smallest absolute Gasteiger partial charge is 0.309 e. The van der Waals surface area contributed by atoms with Crippen molar-refractivity contribution in [1.82, 2.24) is 0 Å². The monoisotopic (exact) mass is 256 g/mol. The predicted octanol–water partition coefficient (Wildman–Crippen LogP) is 4.98. The fourth-order valence-corrected chi connectivity index (χ4v) is 3.30. The van der Waals surface area contributed by atoms with E-state index >= 15 is 0 Å². The number of carbonyl (C=O) groups is 1. The van der Waals surface area contributed by atoms with Crippen molar-refractivity contribution in [2.45, 2.75) is 74.1 Å². The van der Waals surface area contributed by atoms with E-state index in [1.165, 1.54) is 0 Å². The maximum atomic E-state index is 11.2. The van der Waals surface area contributed by atoms with Crippen molar-refractivity contribution >= 4 is 5.97 Å². The van der Waals surface area contributed by atoms with Gasteiger partial charge < -0.3 is 5.11 Å². The average Bonchev–Trinajstić information content (AvgIpc) is 2.32. The molecule has 1 fully saturated rings. The standard InChI is InChI=1S/C14H26O2.C2H6/c1-10(2)14(11(3)4)8-6-13(5,7-9-14)12(15)16;1-2/h10-11H,6-9H2,1-5H3,(H,15,16);1-2H3. The van der Waals surface area contributed by atoms with Gasteiger partial charge in [0.1, 0.15) is 0 Å². The van der Waals surface area contributed by atoms with E-state index in [-0.39, 0.29) is 0 Å². The van der Waals surface area contributed by atoms with E-state index in [4.69, 9.17) is 0 Å². The Morgan fingerprint density at radius 1 is 0.944 bits per heavy atom. The van der Waals surface area contributed by atoms with Crippen LogP contribution >= 0.6 is 0 Å². The molecule has 0 unspecified atom stereocenters. The van der Waals surface area contributed by atoms with E-state index in [9.17, 15) is 9.90 Å². The van der Waals surface area contributed by atoms with E-state index in [0.29, 0.717) is 17.3 Å². The summed E-state index contributed by atoms with van der Waals surface area (Å²) in [7, 11) is 0. The number of rotatable bonds is 3. The van der Waals surface area contributed by atoms with Gasteiger partial charge in [0.15, 0.2) is 0 Å². The molecular weight excluding hydrogens is 224 g/mol. The normalized spacial score (nSPS) is 21.4. The third-order valence-electron chi connectivity index (χ3n) is 5.10. The van der Waals surface area contributed by atoms with Crippen molar-refractivity contribution in [3.05, 3.63) is 0 Å². The average molecular weight is 256 g/mol. The summed E-state index contributed by atoms with van der Waals surface area (Å²) in [6, 6.07) is 0. The summed E-state index contributed by atoms with van der Waals surface area (Å²) in [6.07, 6.45) is 3.79. The quantitative estimate of drug-likeness (QED) is 0.773. The molecule has 0 radical (unpaired) electrons. The lowest BCUT2D eigenvalue weighted by molar-refractivity contribution is -0.152. The molecule has 0 heterocycles. The molecule has 18 heavy (non-hydrogen) atoms. The van der Waals surface area contributed by atoms with Crippen LogP contribution in [0, 0.1) is 22.7 Å². The van der Waals surface area contributed by atoms with Gasteiger partial charge in [-0.05, 0) is 49.9 Å². The van der Waals surface area contributed by atoms with Gasteiger partial charge in [0.2, 0.25) is 0 Å². The van der Waals surface area contributed by atoms with Crippen LogP contribution in [0.25, 0.3) is 0 Å². The molecule has 1 N–H and O–H groups in total. The lowest BCUT2D eigenvalue weighted by atomic mass is 9.56. The van der Waals surface area contributed by atoms with Gasteiger partial charge in [-0.2, -0.15) is 0 Å². The fourth-order valence-electron chi connectivity index (χ4n) is 3.30. The Bertz CT molecular complexity index is 248. The van der Waals surface area contributed by atoms with Crippen molar-refractivity contribution in [2.75, 3.05) is 0 Å². The molecule has 2 nitrogen and oxygen atoms in total. The van der Waals surface area contributed by atoms with Gasteiger partial charge >= 0.3 is 5.97 Å². The molecule has 0 aliphatic heterocycles. The summed E-state index contributed by atoms with van der Waals surface area (Å²) in [5.41, 5.74) is -0.123. The Morgan fingerprint density at radius 2 is 1.28 bits per heavy atom. The van der Waals surface area contributed by atoms with Gasteiger partial charge in [-0.1, -0.05) is 41.5 Å². The molecule has 1 aliphatic carbocycles. The van der Waals surface area contributed by atoms with E-state index in [1.807, 2.05) is 20.8 Å². The zero-order valence-corrected chi connectivity index (χ0v) is 13.3. The first-order valence-electron chi connectivity index (χ1n) is 7.48. The Hall–Kier alpha value is -0.530. The number of hydrogen-bond donors (Lipinski definition) is 1. The van der Waals surface area contributed by atoms with Crippen LogP contribution in [0.15, 0.2) is 0 Å². The molecule has 0 aromatic carbocycles. The van der Waals surface area contributed by atoms with Crippen LogP contribution in [0.2, 0.25) is 0 Å². The Labute approximate surface area is 113 Å². The summed E-state index contributed by atoms with van der Waals surface area (Å²) < 4.78 is 0. The van der Waals surface area contributed by atoms with Crippen LogP contribution in [0.1, 0.15) is 74.1 Å². The molecule has 0 bridgehead atoms. The van der Waals surface area contributed by atoms with Gasteiger partial charge in [0.25, 0.3) is 0 Å². The third kappa shape index (κ3) is 3.27. The fraction of sp³-hybridized carbons (Fsp3) is 0.938. The predicted molar refractivity (Wildman–Crippen MR) is 77.7 cm³/mol. The summed E-state index contributed by atoms with van der Waals surface area (Å²) in [4.78, 5) is 11.2. The van der Waals surface area contributed by atoms with Crippen LogP contribution in [0.5, 0.6) is 0 Å². The summed E-state index contributed by atoms with van der Waals surface area (Å²) >= 11 is 0. The number of hydrogen-bond acceptors (Lipinski definition) is 1. The topological polar surface area (TPSA) is 37.3 Å². The molecule has 1 saturated carbocycles. The van der Waals surface area contributed by atoms with Crippen LogP contribution in [0.4, 0.5) is 0 Å². The van der Waals surface area contributed by atoms with Gasteiger partial charge in [-0.3, -0.25) is 4.79 Å². The minimum absolute atomic E-state index is 0.356. The van der Waals surface area contributed by atoms with E-state index in [0.717, 1.165) is 25.7 Å². The highest BCUT2D eigenvalue weighted by Gasteiger charge is 2.46. The molecule has 0 aromatic heterocycles. The zero-order valence-electron chi connectivity index (χ0n) is 13.3. The van der Waals surface area contributed by atoms with Gasteiger partial charge in [0.05, 0.1) is 5.41 Å². The minimum Gasteiger partial charge on any atom is -0.481 e. The molecule has 1 rings (SSSR count). The van der Waals surface area contributed by atoms with Crippen LogP contribution < -0.4 is 0 Å². The third-order valence-corrected chi connectivity index (χ3v) is 5.10.